The lowest BCUT2D eigenvalue weighted by Crippen LogP contribution is -2.06. The van der Waals surface area contributed by atoms with Gasteiger partial charge in [0.2, 0.25) is 0 Å². The second-order valence-corrected chi connectivity index (χ2v) is 3.23. The van der Waals surface area contributed by atoms with Crippen LogP contribution in [0.2, 0.25) is 0 Å². The van der Waals surface area contributed by atoms with Gasteiger partial charge in [-0.3, -0.25) is 0 Å². The summed E-state index contributed by atoms with van der Waals surface area (Å²) in [5, 5.41) is 9.32. The van der Waals surface area contributed by atoms with Crippen LogP contribution in [0.1, 0.15) is 23.6 Å². The van der Waals surface area contributed by atoms with Gasteiger partial charge in [0.25, 0.3) is 0 Å². The third kappa shape index (κ3) is 1.09. The Morgan fingerprint density at radius 2 is 2.15 bits per heavy atom. The van der Waals surface area contributed by atoms with E-state index in [0.29, 0.717) is 18.4 Å². The lowest BCUT2D eigenvalue weighted by Gasteiger charge is -2.08. The van der Waals surface area contributed by atoms with E-state index in [0.717, 1.165) is 6.07 Å². The zero-order valence-corrected chi connectivity index (χ0v) is 6.85. The number of halogens is 2. The smallest absolute Gasteiger partial charge is 0.162 e. The molecule has 0 spiro atoms. The largest absolute Gasteiger partial charge is 0.507 e. The molecule has 0 unspecified atom stereocenters. The second-order valence-electron chi connectivity index (χ2n) is 3.23. The molecule has 0 saturated carbocycles. The van der Waals surface area contributed by atoms with E-state index in [-0.39, 0.29) is 17.4 Å². The van der Waals surface area contributed by atoms with Gasteiger partial charge >= 0.3 is 0 Å². The molecule has 70 valence electrons. The molecular formula is C9H9F2NO. The highest BCUT2D eigenvalue weighted by atomic mass is 19.2. The predicted octanol–water partition coefficient (Wildman–Crippen LogP) is 1.62. The molecule has 0 aromatic heterocycles. The summed E-state index contributed by atoms with van der Waals surface area (Å²) in [7, 11) is 0. The fraction of sp³-hybridized carbons (Fsp3) is 0.333. The predicted molar refractivity (Wildman–Crippen MR) is 43.3 cm³/mol. The minimum atomic E-state index is -1.01. The Bertz CT molecular complexity index is 365. The van der Waals surface area contributed by atoms with Crippen molar-refractivity contribution in [2.45, 2.75) is 18.9 Å². The topological polar surface area (TPSA) is 46.2 Å². The number of fused-ring (bicyclic) bond motifs is 1. The van der Waals surface area contributed by atoms with Gasteiger partial charge in [-0.1, -0.05) is 0 Å². The summed E-state index contributed by atoms with van der Waals surface area (Å²) >= 11 is 0. The van der Waals surface area contributed by atoms with Gasteiger partial charge in [-0.2, -0.15) is 0 Å². The minimum Gasteiger partial charge on any atom is -0.507 e. The molecule has 0 radical (unpaired) electrons. The van der Waals surface area contributed by atoms with E-state index < -0.39 is 11.6 Å². The molecule has 1 aromatic rings. The molecule has 0 heterocycles. The number of hydrogen-bond acceptors (Lipinski definition) is 2. The fourth-order valence-electron chi connectivity index (χ4n) is 1.78. The van der Waals surface area contributed by atoms with Crippen LogP contribution in [-0.2, 0) is 6.42 Å². The summed E-state index contributed by atoms with van der Waals surface area (Å²) in [5.41, 5.74) is 6.20. The number of benzene rings is 1. The lowest BCUT2D eigenvalue weighted by atomic mass is 10.1. The van der Waals surface area contributed by atoms with Gasteiger partial charge in [0.05, 0.1) is 0 Å². The fourth-order valence-corrected chi connectivity index (χ4v) is 1.78. The Hall–Kier alpha value is -1.16. The molecule has 0 saturated heterocycles. The van der Waals surface area contributed by atoms with Gasteiger partial charge in [-0.15, -0.1) is 0 Å². The lowest BCUT2D eigenvalue weighted by molar-refractivity contribution is 0.444. The van der Waals surface area contributed by atoms with Crippen LogP contribution in [0.15, 0.2) is 6.07 Å². The van der Waals surface area contributed by atoms with Gasteiger partial charge in [-0.05, 0) is 18.4 Å². The molecule has 1 aliphatic carbocycles. The van der Waals surface area contributed by atoms with E-state index in [1.165, 1.54) is 0 Å². The van der Waals surface area contributed by atoms with Crippen LogP contribution in [0, 0.1) is 11.6 Å². The molecule has 13 heavy (non-hydrogen) atoms. The maximum absolute atomic E-state index is 13.1. The number of aromatic hydroxyl groups is 1. The first-order valence-electron chi connectivity index (χ1n) is 4.06. The Morgan fingerprint density at radius 3 is 2.85 bits per heavy atom. The molecule has 0 amide bonds. The molecule has 4 heteroatoms. The van der Waals surface area contributed by atoms with Crippen LogP contribution in [-0.4, -0.2) is 5.11 Å². The molecule has 2 nitrogen and oxygen atoms in total. The van der Waals surface area contributed by atoms with Gasteiger partial charge < -0.3 is 10.8 Å². The first-order valence-corrected chi connectivity index (χ1v) is 4.06. The van der Waals surface area contributed by atoms with Gasteiger partial charge in [0.1, 0.15) is 5.75 Å². The molecule has 0 aliphatic heterocycles. The normalized spacial score (nSPS) is 20.4. The molecule has 1 aliphatic rings. The highest BCUT2D eigenvalue weighted by molar-refractivity contribution is 5.45. The Morgan fingerprint density at radius 1 is 1.46 bits per heavy atom. The molecule has 1 atom stereocenters. The molecule has 2 rings (SSSR count). The average molecular weight is 185 g/mol. The summed E-state index contributed by atoms with van der Waals surface area (Å²) in [5.74, 6) is -2.12. The summed E-state index contributed by atoms with van der Waals surface area (Å²) in [6, 6.07) is 0.407. The summed E-state index contributed by atoms with van der Waals surface area (Å²) in [6.07, 6.45) is 0.955. The number of hydrogen-bond donors (Lipinski definition) is 2. The summed E-state index contributed by atoms with van der Waals surface area (Å²) in [6.45, 7) is 0. The van der Waals surface area contributed by atoms with Crippen molar-refractivity contribution in [3.05, 3.63) is 28.8 Å². The van der Waals surface area contributed by atoms with Crippen LogP contribution >= 0.6 is 0 Å². The van der Waals surface area contributed by atoms with Crippen LogP contribution in [0.25, 0.3) is 0 Å². The van der Waals surface area contributed by atoms with Crippen molar-refractivity contribution in [1.82, 2.24) is 0 Å². The van der Waals surface area contributed by atoms with Crippen molar-refractivity contribution in [2.75, 3.05) is 0 Å². The number of rotatable bonds is 0. The molecule has 0 bridgehead atoms. The van der Waals surface area contributed by atoms with E-state index in [9.17, 15) is 13.9 Å². The van der Waals surface area contributed by atoms with Crippen LogP contribution < -0.4 is 5.73 Å². The molecule has 0 fully saturated rings. The van der Waals surface area contributed by atoms with Crippen molar-refractivity contribution in [2.24, 2.45) is 5.73 Å². The first-order chi connectivity index (χ1) is 6.11. The highest BCUT2D eigenvalue weighted by Gasteiger charge is 2.27. The molecular weight excluding hydrogens is 176 g/mol. The van der Waals surface area contributed by atoms with E-state index >= 15 is 0 Å². The first kappa shape index (κ1) is 8.44. The van der Waals surface area contributed by atoms with Crippen LogP contribution in [0.3, 0.4) is 0 Å². The van der Waals surface area contributed by atoms with E-state index in [1.807, 2.05) is 0 Å². The summed E-state index contributed by atoms with van der Waals surface area (Å²) < 4.78 is 25.9. The second kappa shape index (κ2) is 2.67. The SMILES string of the molecule is N[C@H]1CCc2c(F)c(F)cc(O)c21. The van der Waals surface area contributed by atoms with Gasteiger partial charge in [0.15, 0.2) is 11.6 Å². The minimum absolute atomic E-state index is 0.227. The molecule has 1 aromatic carbocycles. The Labute approximate surface area is 74.0 Å². The van der Waals surface area contributed by atoms with Gasteiger partial charge in [0, 0.05) is 17.7 Å². The van der Waals surface area contributed by atoms with Crippen molar-refractivity contribution in [3.8, 4) is 5.75 Å². The third-order valence-electron chi connectivity index (χ3n) is 2.42. The van der Waals surface area contributed by atoms with Crippen LogP contribution in [0.5, 0.6) is 5.75 Å². The number of nitrogens with two attached hydrogens (primary N) is 1. The van der Waals surface area contributed by atoms with E-state index in [1.54, 1.807) is 0 Å². The van der Waals surface area contributed by atoms with Crippen molar-refractivity contribution in [3.63, 3.8) is 0 Å². The highest BCUT2D eigenvalue weighted by Crippen LogP contribution is 2.38. The average Bonchev–Trinajstić information content (AvgIpc) is 2.44. The van der Waals surface area contributed by atoms with Crippen molar-refractivity contribution >= 4 is 0 Å². The van der Waals surface area contributed by atoms with Crippen molar-refractivity contribution < 1.29 is 13.9 Å². The zero-order valence-electron chi connectivity index (χ0n) is 6.85. The third-order valence-corrected chi connectivity index (χ3v) is 2.42. The van der Waals surface area contributed by atoms with Crippen LogP contribution in [0.4, 0.5) is 8.78 Å². The zero-order chi connectivity index (χ0) is 9.59. The summed E-state index contributed by atoms with van der Waals surface area (Å²) in [4.78, 5) is 0. The standard InChI is InChI=1S/C9H9F2NO/c10-5-3-7(13)8-4(9(5)11)1-2-6(8)12/h3,6,13H,1-2,12H2/t6-/m0/s1. The monoisotopic (exact) mass is 185 g/mol. The maximum atomic E-state index is 13.1. The Balaban J connectivity index is 2.69. The molecule has 3 N–H and O–H groups in total. The number of phenols is 1. The quantitative estimate of drug-likeness (QED) is 0.645. The number of phenolic OH excluding ortho intramolecular Hbond substituents is 1. The van der Waals surface area contributed by atoms with E-state index in [4.69, 9.17) is 5.73 Å². The Kier molecular flexibility index (Phi) is 1.73. The van der Waals surface area contributed by atoms with E-state index in [2.05, 4.69) is 0 Å². The maximum Gasteiger partial charge on any atom is 0.162 e. The van der Waals surface area contributed by atoms with Gasteiger partial charge in [-0.25, -0.2) is 8.78 Å². The van der Waals surface area contributed by atoms with Crippen molar-refractivity contribution in [1.29, 1.82) is 0 Å².